The summed E-state index contributed by atoms with van der Waals surface area (Å²) in [7, 11) is 1.67. The average Bonchev–Trinajstić information content (AvgIpc) is 2.74. The number of halogens is 1. The Labute approximate surface area is 185 Å². The number of ether oxygens (including phenoxy) is 2. The summed E-state index contributed by atoms with van der Waals surface area (Å²) in [5, 5.41) is 3.13. The van der Waals surface area contributed by atoms with Crippen molar-refractivity contribution in [2.24, 2.45) is 0 Å². The maximum atomic E-state index is 12.5. The number of hydrogen-bond acceptors (Lipinski definition) is 5. The normalized spacial score (nSPS) is 15.7. The monoisotopic (exact) mass is 478 g/mol. The van der Waals surface area contributed by atoms with Crippen molar-refractivity contribution in [2.75, 3.05) is 45.7 Å². The molecule has 3 rings (SSSR count). The molecule has 2 aromatic rings. The number of morpholine rings is 1. The summed E-state index contributed by atoms with van der Waals surface area (Å²) in [6.07, 6.45) is 0. The van der Waals surface area contributed by atoms with Gasteiger partial charge >= 0.3 is 0 Å². The van der Waals surface area contributed by atoms with E-state index >= 15 is 0 Å². The molecule has 0 unspecified atom stereocenters. The van der Waals surface area contributed by atoms with Crippen LogP contribution in [0.5, 0.6) is 5.75 Å². The Hall–Kier alpha value is -1.54. The summed E-state index contributed by atoms with van der Waals surface area (Å²) < 4.78 is 11.8. The fraction of sp³-hybridized carbons (Fsp3) is 0.409. The van der Waals surface area contributed by atoms with Gasteiger partial charge in [-0.25, -0.2) is 0 Å². The van der Waals surface area contributed by atoms with Gasteiger partial charge in [0.1, 0.15) is 5.75 Å². The third kappa shape index (κ3) is 6.47. The van der Waals surface area contributed by atoms with Crippen molar-refractivity contribution in [1.82, 2.24) is 10.2 Å². The van der Waals surface area contributed by atoms with Gasteiger partial charge in [0, 0.05) is 29.0 Å². The van der Waals surface area contributed by atoms with Crippen LogP contribution in [0.1, 0.15) is 17.2 Å². The summed E-state index contributed by atoms with van der Waals surface area (Å²) >= 11 is 5.04. The van der Waals surface area contributed by atoms with Gasteiger partial charge in [0.05, 0.1) is 32.1 Å². The Kier molecular flexibility index (Phi) is 8.41. The first kappa shape index (κ1) is 22.2. The number of carbonyl (C=O) groups excluding carboxylic acids is 1. The highest BCUT2D eigenvalue weighted by Gasteiger charge is 2.23. The van der Waals surface area contributed by atoms with Crippen molar-refractivity contribution in [3.8, 4) is 5.75 Å². The Morgan fingerprint density at radius 3 is 2.62 bits per heavy atom. The zero-order chi connectivity index (χ0) is 20.6. The van der Waals surface area contributed by atoms with Crippen LogP contribution in [-0.2, 0) is 9.53 Å². The van der Waals surface area contributed by atoms with E-state index in [-0.39, 0.29) is 11.9 Å². The van der Waals surface area contributed by atoms with Gasteiger partial charge in [-0.15, -0.1) is 11.8 Å². The molecule has 0 aliphatic carbocycles. The molecule has 1 aliphatic heterocycles. The van der Waals surface area contributed by atoms with Crippen LogP contribution in [0.4, 0.5) is 0 Å². The summed E-state index contributed by atoms with van der Waals surface area (Å²) in [5.41, 5.74) is 2.34. The zero-order valence-electron chi connectivity index (χ0n) is 16.8. The van der Waals surface area contributed by atoms with E-state index in [1.165, 1.54) is 11.1 Å². The molecule has 1 amide bonds. The second-order valence-corrected chi connectivity index (χ2v) is 8.87. The molecule has 2 aromatic carbocycles. The Balaban J connectivity index is 1.60. The van der Waals surface area contributed by atoms with E-state index in [4.69, 9.17) is 9.47 Å². The minimum atomic E-state index is 0.0455. The number of nitrogens with zero attached hydrogens (tertiary/aromatic N) is 1. The van der Waals surface area contributed by atoms with Crippen molar-refractivity contribution < 1.29 is 14.3 Å². The van der Waals surface area contributed by atoms with Crippen LogP contribution in [0.2, 0.25) is 0 Å². The largest absolute Gasteiger partial charge is 0.497 e. The van der Waals surface area contributed by atoms with Gasteiger partial charge < -0.3 is 14.8 Å². The average molecular weight is 479 g/mol. The van der Waals surface area contributed by atoms with Crippen LogP contribution in [0, 0.1) is 6.92 Å². The van der Waals surface area contributed by atoms with Crippen molar-refractivity contribution in [1.29, 1.82) is 0 Å². The van der Waals surface area contributed by atoms with Gasteiger partial charge in [0.25, 0.3) is 0 Å². The number of thioether (sulfide) groups is 1. The number of benzene rings is 2. The lowest BCUT2D eigenvalue weighted by Crippen LogP contribution is -2.44. The summed E-state index contributed by atoms with van der Waals surface area (Å²) in [5.74, 6) is 1.28. The summed E-state index contributed by atoms with van der Waals surface area (Å²) in [6, 6.07) is 14.3. The van der Waals surface area contributed by atoms with Gasteiger partial charge in [0.15, 0.2) is 0 Å². The predicted molar refractivity (Wildman–Crippen MR) is 121 cm³/mol. The summed E-state index contributed by atoms with van der Waals surface area (Å²) in [4.78, 5) is 16.0. The zero-order valence-corrected chi connectivity index (χ0v) is 19.2. The smallest absolute Gasteiger partial charge is 0.230 e. The number of rotatable bonds is 8. The Morgan fingerprint density at radius 2 is 1.97 bits per heavy atom. The van der Waals surface area contributed by atoms with E-state index < -0.39 is 0 Å². The standard InChI is InChI=1S/C22H27BrN2O3S/c1-16-13-18(23)5-8-21(16)29-15-22(26)24-14-20(25-9-11-28-12-10-25)17-3-6-19(27-2)7-4-17/h3-8,13,20H,9-12,14-15H2,1-2H3,(H,24,26)/t20-/m1/s1. The van der Waals surface area contributed by atoms with Gasteiger partial charge in [0.2, 0.25) is 5.91 Å². The van der Waals surface area contributed by atoms with Crippen molar-refractivity contribution in [3.05, 3.63) is 58.1 Å². The molecule has 7 heteroatoms. The molecule has 1 N–H and O–H groups in total. The van der Waals surface area contributed by atoms with Crippen molar-refractivity contribution in [2.45, 2.75) is 17.9 Å². The number of hydrogen-bond donors (Lipinski definition) is 1. The fourth-order valence-electron chi connectivity index (χ4n) is 3.35. The molecule has 1 atom stereocenters. The maximum absolute atomic E-state index is 12.5. The molecular formula is C22H27BrN2O3S. The number of aryl methyl sites for hydroxylation is 1. The third-order valence-electron chi connectivity index (χ3n) is 4.98. The van der Waals surface area contributed by atoms with Gasteiger partial charge in [-0.3, -0.25) is 9.69 Å². The molecule has 1 fully saturated rings. The minimum absolute atomic E-state index is 0.0455. The molecule has 156 valence electrons. The number of nitrogens with one attached hydrogen (secondary N) is 1. The predicted octanol–water partition coefficient (Wildman–Crippen LogP) is 4.05. The van der Waals surface area contributed by atoms with E-state index in [0.717, 1.165) is 41.4 Å². The highest BCUT2D eigenvalue weighted by molar-refractivity contribution is 9.10. The molecule has 1 aliphatic rings. The van der Waals surface area contributed by atoms with E-state index in [1.54, 1.807) is 18.9 Å². The third-order valence-corrected chi connectivity index (χ3v) is 6.64. The lowest BCUT2D eigenvalue weighted by Gasteiger charge is -2.35. The molecule has 0 radical (unpaired) electrons. The summed E-state index contributed by atoms with van der Waals surface area (Å²) in [6.45, 7) is 5.80. The maximum Gasteiger partial charge on any atom is 0.230 e. The molecule has 1 heterocycles. The van der Waals surface area contributed by atoms with Gasteiger partial charge in [-0.1, -0.05) is 28.1 Å². The first-order chi connectivity index (χ1) is 14.1. The molecule has 29 heavy (non-hydrogen) atoms. The number of amides is 1. The van der Waals surface area contributed by atoms with Crippen LogP contribution in [0.3, 0.4) is 0 Å². The lowest BCUT2D eigenvalue weighted by molar-refractivity contribution is -0.118. The van der Waals surface area contributed by atoms with E-state index in [0.29, 0.717) is 12.3 Å². The molecule has 5 nitrogen and oxygen atoms in total. The Bertz CT molecular complexity index is 810. The molecule has 0 saturated carbocycles. The topological polar surface area (TPSA) is 50.8 Å². The lowest BCUT2D eigenvalue weighted by atomic mass is 10.0. The van der Waals surface area contributed by atoms with Crippen LogP contribution in [-0.4, -0.2) is 56.5 Å². The molecule has 0 spiro atoms. The highest BCUT2D eigenvalue weighted by atomic mass is 79.9. The van der Waals surface area contributed by atoms with Crippen molar-refractivity contribution >= 4 is 33.6 Å². The van der Waals surface area contributed by atoms with Crippen molar-refractivity contribution in [3.63, 3.8) is 0 Å². The van der Waals surface area contributed by atoms with E-state index in [9.17, 15) is 4.79 Å². The minimum Gasteiger partial charge on any atom is -0.497 e. The first-order valence-electron chi connectivity index (χ1n) is 9.68. The quantitative estimate of drug-likeness (QED) is 0.580. The fourth-order valence-corrected chi connectivity index (χ4v) is 4.67. The Morgan fingerprint density at radius 1 is 1.24 bits per heavy atom. The second-order valence-electron chi connectivity index (χ2n) is 6.94. The highest BCUT2D eigenvalue weighted by Crippen LogP contribution is 2.26. The number of carbonyl (C=O) groups is 1. The van der Waals surface area contributed by atoms with E-state index in [1.807, 2.05) is 24.3 Å². The second kappa shape index (κ2) is 11.0. The van der Waals surface area contributed by atoms with Crippen LogP contribution in [0.25, 0.3) is 0 Å². The molecule has 0 bridgehead atoms. The van der Waals surface area contributed by atoms with Crippen LogP contribution >= 0.6 is 27.7 Å². The van der Waals surface area contributed by atoms with Gasteiger partial charge in [-0.2, -0.15) is 0 Å². The number of methoxy groups -OCH3 is 1. The van der Waals surface area contributed by atoms with Crippen LogP contribution in [0.15, 0.2) is 51.8 Å². The van der Waals surface area contributed by atoms with E-state index in [2.05, 4.69) is 51.3 Å². The van der Waals surface area contributed by atoms with Gasteiger partial charge in [-0.05, 0) is 48.4 Å². The SMILES string of the molecule is COc1ccc([C@@H](CNC(=O)CSc2ccc(Br)cc2C)N2CCOCC2)cc1. The van der Waals surface area contributed by atoms with Crippen LogP contribution < -0.4 is 10.1 Å². The molecular weight excluding hydrogens is 452 g/mol. The first-order valence-corrected chi connectivity index (χ1v) is 11.5. The molecule has 1 saturated heterocycles. The molecule has 0 aromatic heterocycles.